The van der Waals surface area contributed by atoms with Crippen molar-refractivity contribution in [3.63, 3.8) is 0 Å². The first-order valence-electron chi connectivity index (χ1n) is 7.23. The van der Waals surface area contributed by atoms with E-state index in [1.165, 1.54) is 5.56 Å². The molecule has 1 aromatic carbocycles. The zero-order valence-corrected chi connectivity index (χ0v) is 12.0. The lowest BCUT2D eigenvalue weighted by Gasteiger charge is -2.04. The molecule has 1 amide bonds. The number of carbonyl (C=O) groups is 1. The summed E-state index contributed by atoms with van der Waals surface area (Å²) in [6, 6.07) is 12.2. The number of aryl methyl sites for hydroxylation is 1. The summed E-state index contributed by atoms with van der Waals surface area (Å²) in [6.07, 6.45) is 7.83. The number of benzene rings is 1. The second-order valence-corrected chi connectivity index (χ2v) is 5.18. The average Bonchev–Trinajstić information content (AvgIpc) is 3.11. The Hall–Kier alpha value is -2.55. The molecule has 3 nitrogen and oxygen atoms in total. The number of H-pyrrole nitrogens is 1. The second-order valence-electron chi connectivity index (χ2n) is 5.18. The molecule has 21 heavy (non-hydrogen) atoms. The van der Waals surface area contributed by atoms with Crippen LogP contribution in [0.3, 0.4) is 0 Å². The third-order valence-corrected chi connectivity index (χ3v) is 3.55. The lowest BCUT2D eigenvalue weighted by molar-refractivity contribution is -0.115. The normalized spacial score (nSPS) is 16.1. The van der Waals surface area contributed by atoms with Gasteiger partial charge in [-0.15, -0.1) is 0 Å². The van der Waals surface area contributed by atoms with Gasteiger partial charge in [-0.2, -0.15) is 0 Å². The van der Waals surface area contributed by atoms with Crippen molar-refractivity contribution in [3.8, 4) is 0 Å². The van der Waals surface area contributed by atoms with E-state index in [2.05, 4.69) is 41.5 Å². The number of aromatic nitrogens is 1. The summed E-state index contributed by atoms with van der Waals surface area (Å²) in [5, 5.41) is 2.92. The van der Waals surface area contributed by atoms with Gasteiger partial charge in [-0.1, -0.05) is 37.6 Å². The van der Waals surface area contributed by atoms with Crippen LogP contribution in [0.2, 0.25) is 0 Å². The van der Waals surface area contributed by atoms with Crippen LogP contribution in [0.1, 0.15) is 30.2 Å². The van der Waals surface area contributed by atoms with Crippen LogP contribution in [-0.4, -0.2) is 10.9 Å². The number of hydrogen-bond acceptors (Lipinski definition) is 1. The first-order valence-corrected chi connectivity index (χ1v) is 7.23. The van der Waals surface area contributed by atoms with Crippen LogP contribution in [0.4, 0.5) is 0 Å². The van der Waals surface area contributed by atoms with Crippen molar-refractivity contribution in [2.75, 3.05) is 0 Å². The fourth-order valence-corrected chi connectivity index (χ4v) is 2.46. The quantitative estimate of drug-likeness (QED) is 0.826. The molecule has 0 aliphatic carbocycles. The molecule has 0 spiro atoms. The molecule has 1 aliphatic rings. The molecule has 106 valence electrons. The van der Waals surface area contributed by atoms with Crippen molar-refractivity contribution in [2.24, 2.45) is 0 Å². The Labute approximate surface area is 124 Å². The summed E-state index contributed by atoms with van der Waals surface area (Å²) in [5.74, 6) is -0.0581. The van der Waals surface area contributed by atoms with Crippen LogP contribution in [-0.2, 0) is 11.2 Å². The number of carbonyl (C=O) groups excluding carboxylic acids is 1. The summed E-state index contributed by atoms with van der Waals surface area (Å²) < 4.78 is 0. The molecule has 0 saturated heterocycles. The Kier molecular flexibility index (Phi) is 3.73. The zero-order valence-electron chi connectivity index (χ0n) is 12.0. The molecule has 2 heterocycles. The highest BCUT2D eigenvalue weighted by molar-refractivity contribution is 6.10. The largest absolute Gasteiger partial charge is 0.362 e. The molecule has 0 atom stereocenters. The topological polar surface area (TPSA) is 44.9 Å². The highest BCUT2D eigenvalue weighted by Gasteiger charge is 2.18. The summed E-state index contributed by atoms with van der Waals surface area (Å²) in [5.41, 5.74) is 4.83. The van der Waals surface area contributed by atoms with Crippen LogP contribution >= 0.6 is 0 Å². The molecule has 0 saturated carbocycles. The number of rotatable bonds is 4. The standard InChI is InChI=1S/C18H18N2O/c1-2-4-13-6-8-14(9-7-13)17-12-15(18(21)20-17)11-16-5-3-10-19-16/h3,5-12,19H,2,4H2,1H3,(H,20,21). The summed E-state index contributed by atoms with van der Waals surface area (Å²) in [6.45, 7) is 2.17. The molecule has 3 rings (SSSR count). The minimum absolute atomic E-state index is 0.0581. The molecular weight excluding hydrogens is 260 g/mol. The maximum atomic E-state index is 12.0. The van der Waals surface area contributed by atoms with Gasteiger partial charge in [0.2, 0.25) is 0 Å². The molecule has 0 fully saturated rings. The second kappa shape index (κ2) is 5.83. The van der Waals surface area contributed by atoms with Crippen molar-refractivity contribution in [2.45, 2.75) is 19.8 Å². The van der Waals surface area contributed by atoms with E-state index in [-0.39, 0.29) is 5.91 Å². The van der Waals surface area contributed by atoms with Gasteiger partial charge in [0.15, 0.2) is 0 Å². The predicted octanol–water partition coefficient (Wildman–Crippen LogP) is 3.52. The average molecular weight is 278 g/mol. The molecule has 1 aliphatic heterocycles. The highest BCUT2D eigenvalue weighted by atomic mass is 16.1. The Bertz CT molecular complexity index is 691. The molecule has 2 aromatic rings. The van der Waals surface area contributed by atoms with Crippen molar-refractivity contribution in [1.82, 2.24) is 10.3 Å². The highest BCUT2D eigenvalue weighted by Crippen LogP contribution is 2.22. The number of aromatic amines is 1. The van der Waals surface area contributed by atoms with E-state index in [0.717, 1.165) is 29.8 Å². The fourth-order valence-electron chi connectivity index (χ4n) is 2.46. The van der Waals surface area contributed by atoms with Gasteiger partial charge >= 0.3 is 0 Å². The maximum absolute atomic E-state index is 12.0. The van der Waals surface area contributed by atoms with E-state index in [1.807, 2.05) is 30.5 Å². The van der Waals surface area contributed by atoms with E-state index < -0.39 is 0 Å². The van der Waals surface area contributed by atoms with Crippen LogP contribution in [0.25, 0.3) is 11.8 Å². The van der Waals surface area contributed by atoms with E-state index >= 15 is 0 Å². The number of hydrogen-bond donors (Lipinski definition) is 2. The summed E-state index contributed by atoms with van der Waals surface area (Å²) in [7, 11) is 0. The first kappa shape index (κ1) is 13.4. The monoisotopic (exact) mass is 278 g/mol. The van der Waals surface area contributed by atoms with Gasteiger partial charge in [0, 0.05) is 23.2 Å². The molecule has 2 N–H and O–H groups in total. The van der Waals surface area contributed by atoms with Crippen molar-refractivity contribution >= 4 is 17.7 Å². The lowest BCUT2D eigenvalue weighted by atomic mass is 10.1. The lowest BCUT2D eigenvalue weighted by Crippen LogP contribution is -2.15. The molecule has 0 radical (unpaired) electrons. The molecule has 1 aromatic heterocycles. The number of amides is 1. The first-order chi connectivity index (χ1) is 10.3. The van der Waals surface area contributed by atoms with Gasteiger partial charge in [0.25, 0.3) is 5.91 Å². The van der Waals surface area contributed by atoms with Gasteiger partial charge in [-0.3, -0.25) is 4.79 Å². The van der Waals surface area contributed by atoms with Crippen LogP contribution in [0.5, 0.6) is 0 Å². The SMILES string of the molecule is CCCc1ccc(C2=CC(=Cc3ccc[nH]3)C(=O)N2)cc1. The fraction of sp³-hybridized carbons (Fsp3) is 0.167. The third-order valence-electron chi connectivity index (χ3n) is 3.55. The third kappa shape index (κ3) is 2.97. The van der Waals surface area contributed by atoms with E-state index in [0.29, 0.717) is 5.57 Å². The molecule has 0 unspecified atom stereocenters. The van der Waals surface area contributed by atoms with E-state index in [1.54, 1.807) is 0 Å². The molecule has 0 bridgehead atoms. The number of nitrogens with one attached hydrogen (secondary N) is 2. The van der Waals surface area contributed by atoms with E-state index in [9.17, 15) is 4.79 Å². The predicted molar refractivity (Wildman–Crippen MR) is 85.3 cm³/mol. The minimum atomic E-state index is -0.0581. The van der Waals surface area contributed by atoms with Crippen LogP contribution in [0, 0.1) is 0 Å². The van der Waals surface area contributed by atoms with Crippen molar-refractivity contribution < 1.29 is 4.79 Å². The van der Waals surface area contributed by atoms with Gasteiger partial charge < -0.3 is 10.3 Å². The Morgan fingerprint density at radius 1 is 1.14 bits per heavy atom. The summed E-state index contributed by atoms with van der Waals surface area (Å²) >= 11 is 0. The van der Waals surface area contributed by atoms with Crippen molar-refractivity contribution in [1.29, 1.82) is 0 Å². The maximum Gasteiger partial charge on any atom is 0.255 e. The molecule has 3 heteroatoms. The Balaban J connectivity index is 1.84. The zero-order chi connectivity index (χ0) is 14.7. The van der Waals surface area contributed by atoms with Gasteiger partial charge in [0.05, 0.1) is 0 Å². The summed E-state index contributed by atoms with van der Waals surface area (Å²) in [4.78, 5) is 15.1. The smallest absolute Gasteiger partial charge is 0.255 e. The van der Waals surface area contributed by atoms with Crippen LogP contribution in [0.15, 0.2) is 54.2 Å². The minimum Gasteiger partial charge on any atom is -0.362 e. The Morgan fingerprint density at radius 2 is 1.95 bits per heavy atom. The Morgan fingerprint density at radius 3 is 2.62 bits per heavy atom. The van der Waals surface area contributed by atoms with E-state index in [4.69, 9.17) is 0 Å². The van der Waals surface area contributed by atoms with Gasteiger partial charge in [-0.25, -0.2) is 0 Å². The molecular formula is C18H18N2O. The van der Waals surface area contributed by atoms with Crippen molar-refractivity contribution in [3.05, 3.63) is 71.1 Å². The van der Waals surface area contributed by atoms with Gasteiger partial charge in [-0.05, 0) is 41.8 Å². The van der Waals surface area contributed by atoms with Crippen LogP contribution < -0.4 is 5.32 Å². The van der Waals surface area contributed by atoms with Gasteiger partial charge in [0.1, 0.15) is 0 Å².